The molecule has 8 heteroatoms. The van der Waals surface area contributed by atoms with Gasteiger partial charge < -0.3 is 15.8 Å². The second-order valence-corrected chi connectivity index (χ2v) is 5.03. The van der Waals surface area contributed by atoms with E-state index in [0.29, 0.717) is 0 Å². The monoisotopic (exact) mass is 292 g/mol. The number of amides is 1. The number of hydrogen-bond acceptors (Lipinski definition) is 6. The Bertz CT molecular complexity index is 611. The topological polar surface area (TPSA) is 120 Å². The Hall–Kier alpha value is -2.82. The van der Waals surface area contributed by atoms with E-state index in [9.17, 15) is 14.9 Å². The van der Waals surface area contributed by atoms with Gasteiger partial charge in [0.1, 0.15) is 17.5 Å². The highest BCUT2D eigenvalue weighted by atomic mass is 16.6. The van der Waals surface area contributed by atoms with Crippen molar-refractivity contribution in [3.05, 3.63) is 28.1 Å². The number of nitrogens with two attached hydrogens (primary N) is 1. The lowest BCUT2D eigenvalue weighted by molar-refractivity contribution is -0.384. The average molecular weight is 292 g/mol. The second kappa shape index (κ2) is 6.56. The number of alkyl carbamates (subject to hydrolysis) is 1. The molecule has 0 atom stereocenters. The van der Waals surface area contributed by atoms with Crippen LogP contribution in [-0.2, 0) is 4.74 Å². The summed E-state index contributed by atoms with van der Waals surface area (Å²) < 4.78 is 5.02. The van der Waals surface area contributed by atoms with E-state index in [1.807, 2.05) is 0 Å². The third-order valence-corrected chi connectivity index (χ3v) is 2.11. The smallest absolute Gasteiger partial charge is 0.408 e. The fraction of sp³-hybridized carbons (Fsp3) is 0.385. The van der Waals surface area contributed by atoms with Crippen molar-refractivity contribution in [2.45, 2.75) is 26.4 Å². The summed E-state index contributed by atoms with van der Waals surface area (Å²) in [4.78, 5) is 25.1. The number of pyridine rings is 1. The summed E-state index contributed by atoms with van der Waals surface area (Å²) in [5.41, 5.74) is 4.89. The molecular formula is C13H16N4O4. The van der Waals surface area contributed by atoms with Crippen LogP contribution in [0.1, 0.15) is 26.3 Å². The van der Waals surface area contributed by atoms with Gasteiger partial charge in [0.2, 0.25) is 0 Å². The highest BCUT2D eigenvalue weighted by molar-refractivity contribution is 5.68. The van der Waals surface area contributed by atoms with Crippen molar-refractivity contribution in [2.75, 3.05) is 12.3 Å². The van der Waals surface area contributed by atoms with Crippen LogP contribution in [0.15, 0.2) is 12.4 Å². The van der Waals surface area contributed by atoms with Crippen molar-refractivity contribution < 1.29 is 14.5 Å². The number of aromatic nitrogens is 1. The second-order valence-electron chi connectivity index (χ2n) is 5.03. The minimum atomic E-state index is -0.632. The molecule has 0 aliphatic heterocycles. The molecule has 3 N–H and O–H groups in total. The first-order valence-corrected chi connectivity index (χ1v) is 6.04. The lowest BCUT2D eigenvalue weighted by Gasteiger charge is -2.18. The number of nitrogen functional groups attached to an aromatic ring is 1. The SMILES string of the molecule is CC(C)(C)OC(=O)NCC#Cc1cncc([N+](=O)[O-])c1N. The van der Waals surface area contributed by atoms with Crippen LogP contribution in [0.4, 0.5) is 16.2 Å². The molecule has 1 aromatic heterocycles. The van der Waals surface area contributed by atoms with Gasteiger partial charge in [-0.25, -0.2) is 4.79 Å². The predicted octanol–water partition coefficient (Wildman–Crippen LogP) is 1.45. The van der Waals surface area contributed by atoms with Crippen LogP contribution in [0.5, 0.6) is 0 Å². The van der Waals surface area contributed by atoms with E-state index >= 15 is 0 Å². The van der Waals surface area contributed by atoms with Crippen LogP contribution in [-0.4, -0.2) is 28.1 Å². The summed E-state index contributed by atoms with van der Waals surface area (Å²) in [6, 6.07) is 0. The first-order chi connectivity index (χ1) is 9.70. The van der Waals surface area contributed by atoms with Gasteiger partial charge in [-0.3, -0.25) is 15.1 Å². The van der Waals surface area contributed by atoms with Crippen molar-refractivity contribution >= 4 is 17.5 Å². The molecule has 0 aliphatic carbocycles. The fourth-order valence-electron chi connectivity index (χ4n) is 1.27. The maximum absolute atomic E-state index is 11.4. The van der Waals surface area contributed by atoms with Gasteiger partial charge in [-0.05, 0) is 20.8 Å². The van der Waals surface area contributed by atoms with E-state index in [1.165, 1.54) is 6.20 Å². The molecule has 112 valence electrons. The van der Waals surface area contributed by atoms with Crippen LogP contribution in [0.3, 0.4) is 0 Å². The maximum Gasteiger partial charge on any atom is 0.408 e. The van der Waals surface area contributed by atoms with Crippen LogP contribution in [0.2, 0.25) is 0 Å². The van der Waals surface area contributed by atoms with E-state index < -0.39 is 16.6 Å². The molecule has 1 heterocycles. The molecule has 0 fully saturated rings. The molecule has 0 unspecified atom stereocenters. The molecular weight excluding hydrogens is 276 g/mol. The summed E-state index contributed by atoms with van der Waals surface area (Å²) in [7, 11) is 0. The van der Waals surface area contributed by atoms with Gasteiger partial charge in [0.05, 0.1) is 17.0 Å². The number of nitrogens with zero attached hydrogens (tertiary/aromatic N) is 2. The Morgan fingerprint density at radius 3 is 2.76 bits per heavy atom. The summed E-state index contributed by atoms with van der Waals surface area (Å²) >= 11 is 0. The molecule has 1 aromatic rings. The van der Waals surface area contributed by atoms with E-state index in [0.717, 1.165) is 6.20 Å². The van der Waals surface area contributed by atoms with Gasteiger partial charge in [-0.15, -0.1) is 0 Å². The summed E-state index contributed by atoms with van der Waals surface area (Å²) in [5, 5.41) is 13.1. The van der Waals surface area contributed by atoms with Crippen LogP contribution < -0.4 is 11.1 Å². The predicted molar refractivity (Wildman–Crippen MR) is 76.4 cm³/mol. The van der Waals surface area contributed by atoms with Gasteiger partial charge in [-0.1, -0.05) is 11.8 Å². The third kappa shape index (κ3) is 5.36. The van der Waals surface area contributed by atoms with E-state index in [2.05, 4.69) is 22.1 Å². The lowest BCUT2D eigenvalue weighted by Crippen LogP contribution is -2.32. The number of nitrogens with one attached hydrogen (secondary N) is 1. The number of carbonyl (C=O) groups is 1. The van der Waals surface area contributed by atoms with Gasteiger partial charge in [0.25, 0.3) is 0 Å². The largest absolute Gasteiger partial charge is 0.444 e. The summed E-state index contributed by atoms with van der Waals surface area (Å²) in [6.07, 6.45) is 1.78. The highest BCUT2D eigenvalue weighted by Crippen LogP contribution is 2.22. The molecule has 0 radical (unpaired) electrons. The molecule has 1 amide bonds. The average Bonchev–Trinajstić information content (AvgIpc) is 2.33. The van der Waals surface area contributed by atoms with Crippen LogP contribution in [0.25, 0.3) is 0 Å². The molecule has 8 nitrogen and oxygen atoms in total. The van der Waals surface area contributed by atoms with Crippen molar-refractivity contribution in [1.82, 2.24) is 10.3 Å². The first-order valence-electron chi connectivity index (χ1n) is 6.04. The zero-order chi connectivity index (χ0) is 16.0. The first kappa shape index (κ1) is 16.2. The highest BCUT2D eigenvalue weighted by Gasteiger charge is 2.15. The van der Waals surface area contributed by atoms with Crippen molar-refractivity contribution in [2.24, 2.45) is 0 Å². The Balaban J connectivity index is 2.66. The number of hydrogen-bond donors (Lipinski definition) is 2. The van der Waals surface area contributed by atoms with Crippen molar-refractivity contribution in [3.63, 3.8) is 0 Å². The Morgan fingerprint density at radius 2 is 2.19 bits per heavy atom. The zero-order valence-corrected chi connectivity index (χ0v) is 12.0. The molecule has 0 aromatic carbocycles. The molecule has 0 aliphatic rings. The lowest BCUT2D eigenvalue weighted by atomic mass is 10.2. The number of carbonyl (C=O) groups excluding carboxylic acids is 1. The molecule has 0 saturated heterocycles. The summed E-state index contributed by atoms with van der Waals surface area (Å²) in [5.74, 6) is 5.23. The van der Waals surface area contributed by atoms with E-state index in [1.54, 1.807) is 20.8 Å². The van der Waals surface area contributed by atoms with Crippen molar-refractivity contribution in [3.8, 4) is 11.8 Å². The summed E-state index contributed by atoms with van der Waals surface area (Å²) in [6.45, 7) is 5.26. The fourth-order valence-corrected chi connectivity index (χ4v) is 1.27. The Kier molecular flexibility index (Phi) is 5.07. The number of nitro groups is 1. The Labute approximate surface area is 121 Å². The molecule has 1 rings (SSSR count). The minimum Gasteiger partial charge on any atom is -0.444 e. The number of ether oxygens (including phenoxy) is 1. The standard InChI is InChI=1S/C13H16N4O4/c1-13(2,3)21-12(18)16-6-4-5-9-7-15-8-10(11(9)14)17(19)20/h7-8H,6H2,1-3H3,(H2,14,15)(H,16,18). The van der Waals surface area contributed by atoms with Crippen molar-refractivity contribution in [1.29, 1.82) is 0 Å². The maximum atomic E-state index is 11.4. The number of anilines is 1. The van der Waals surface area contributed by atoms with Crippen LogP contribution in [0, 0.1) is 22.0 Å². The molecule has 21 heavy (non-hydrogen) atoms. The van der Waals surface area contributed by atoms with Gasteiger partial charge in [0, 0.05) is 6.20 Å². The quantitative estimate of drug-likeness (QED) is 0.483. The third-order valence-electron chi connectivity index (χ3n) is 2.11. The van der Waals surface area contributed by atoms with E-state index in [4.69, 9.17) is 10.5 Å². The molecule has 0 bridgehead atoms. The Morgan fingerprint density at radius 1 is 1.52 bits per heavy atom. The van der Waals surface area contributed by atoms with E-state index in [-0.39, 0.29) is 23.5 Å². The molecule has 0 saturated carbocycles. The van der Waals surface area contributed by atoms with Gasteiger partial charge in [0.15, 0.2) is 0 Å². The normalized spacial score (nSPS) is 10.2. The van der Waals surface area contributed by atoms with Gasteiger partial charge >= 0.3 is 11.8 Å². The van der Waals surface area contributed by atoms with Gasteiger partial charge in [-0.2, -0.15) is 0 Å². The minimum absolute atomic E-state index is 0.0248. The zero-order valence-electron chi connectivity index (χ0n) is 12.0. The van der Waals surface area contributed by atoms with Crippen LogP contribution >= 0.6 is 0 Å². The number of rotatable bonds is 2. The molecule has 0 spiro atoms.